The first-order valence-electron chi connectivity index (χ1n) is 4.83. The lowest BCUT2D eigenvalue weighted by atomic mass is 9.62. The zero-order valence-electron chi connectivity index (χ0n) is 8.51. The van der Waals surface area contributed by atoms with Crippen LogP contribution in [0.2, 0.25) is 10.0 Å². The van der Waals surface area contributed by atoms with Crippen LogP contribution in [-0.4, -0.2) is 17.0 Å². The summed E-state index contributed by atoms with van der Waals surface area (Å²) in [4.78, 5) is 11.2. The van der Waals surface area contributed by atoms with Crippen molar-refractivity contribution in [2.45, 2.75) is 24.2 Å². The molecule has 2 nitrogen and oxygen atoms in total. The van der Waals surface area contributed by atoms with Crippen molar-refractivity contribution in [3.8, 4) is 0 Å². The number of rotatable bonds is 2. The normalized spacial score (nSPS) is 20.7. The van der Waals surface area contributed by atoms with Gasteiger partial charge in [0.05, 0.1) is 0 Å². The summed E-state index contributed by atoms with van der Waals surface area (Å²) in [6.45, 7) is 0. The highest BCUT2D eigenvalue weighted by Gasteiger charge is 2.62. The SMILES string of the molecule is O=C(O)C1(c2cc(Cl)cc(Cl)c2)CC(F)(F)C1. The molecule has 0 spiro atoms. The first-order chi connectivity index (χ1) is 7.75. The zero-order chi connectivity index (χ0) is 12.8. The Morgan fingerprint density at radius 1 is 1.18 bits per heavy atom. The van der Waals surface area contributed by atoms with Gasteiger partial charge in [0, 0.05) is 22.9 Å². The van der Waals surface area contributed by atoms with Gasteiger partial charge in [-0.3, -0.25) is 4.79 Å². The summed E-state index contributed by atoms with van der Waals surface area (Å²) in [5.74, 6) is -4.21. The summed E-state index contributed by atoms with van der Waals surface area (Å²) >= 11 is 11.5. The number of carbonyl (C=O) groups is 1. The summed E-state index contributed by atoms with van der Waals surface area (Å²) in [6.07, 6.45) is -1.43. The maximum atomic E-state index is 13.0. The Hall–Kier alpha value is -0.870. The van der Waals surface area contributed by atoms with Gasteiger partial charge in [0.1, 0.15) is 5.41 Å². The van der Waals surface area contributed by atoms with Crippen LogP contribution in [0.1, 0.15) is 18.4 Å². The van der Waals surface area contributed by atoms with Crippen LogP contribution in [0.5, 0.6) is 0 Å². The van der Waals surface area contributed by atoms with Gasteiger partial charge in [-0.05, 0) is 23.8 Å². The third-order valence-electron chi connectivity index (χ3n) is 2.95. The van der Waals surface area contributed by atoms with Gasteiger partial charge < -0.3 is 5.11 Å². The molecule has 92 valence electrons. The molecule has 1 aliphatic carbocycles. The van der Waals surface area contributed by atoms with Gasteiger partial charge in [0.15, 0.2) is 0 Å². The highest BCUT2D eigenvalue weighted by Crippen LogP contribution is 2.54. The van der Waals surface area contributed by atoms with Gasteiger partial charge in [0.25, 0.3) is 5.92 Å². The lowest BCUT2D eigenvalue weighted by Crippen LogP contribution is -2.54. The number of benzene rings is 1. The van der Waals surface area contributed by atoms with Gasteiger partial charge in [-0.15, -0.1) is 0 Å². The third-order valence-corrected chi connectivity index (χ3v) is 3.38. The van der Waals surface area contributed by atoms with E-state index in [1.54, 1.807) is 0 Å². The smallest absolute Gasteiger partial charge is 0.314 e. The van der Waals surface area contributed by atoms with Crippen LogP contribution >= 0.6 is 23.2 Å². The van der Waals surface area contributed by atoms with Crippen LogP contribution < -0.4 is 0 Å². The molecule has 0 aliphatic heterocycles. The van der Waals surface area contributed by atoms with Crippen molar-refractivity contribution >= 4 is 29.2 Å². The quantitative estimate of drug-likeness (QED) is 0.896. The Morgan fingerprint density at radius 2 is 1.65 bits per heavy atom. The monoisotopic (exact) mass is 280 g/mol. The van der Waals surface area contributed by atoms with Crippen molar-refractivity contribution in [1.29, 1.82) is 0 Å². The van der Waals surface area contributed by atoms with E-state index in [-0.39, 0.29) is 15.6 Å². The van der Waals surface area contributed by atoms with Crippen molar-refractivity contribution in [3.63, 3.8) is 0 Å². The molecule has 1 saturated carbocycles. The molecule has 0 saturated heterocycles. The predicted octanol–water partition coefficient (Wildman–Crippen LogP) is 3.74. The maximum absolute atomic E-state index is 13.0. The minimum Gasteiger partial charge on any atom is -0.481 e. The van der Waals surface area contributed by atoms with Crippen molar-refractivity contribution in [2.75, 3.05) is 0 Å². The average Bonchev–Trinajstić information content (AvgIpc) is 2.11. The molecule has 0 aromatic heterocycles. The summed E-state index contributed by atoms with van der Waals surface area (Å²) in [5, 5.41) is 9.61. The topological polar surface area (TPSA) is 37.3 Å². The molecular weight excluding hydrogens is 273 g/mol. The van der Waals surface area contributed by atoms with Crippen LogP contribution in [-0.2, 0) is 10.2 Å². The van der Waals surface area contributed by atoms with E-state index >= 15 is 0 Å². The Bertz CT molecular complexity index is 460. The Morgan fingerprint density at radius 3 is 2.00 bits per heavy atom. The number of halogens is 4. The molecule has 0 atom stereocenters. The van der Waals surface area contributed by atoms with Gasteiger partial charge >= 0.3 is 5.97 Å². The van der Waals surface area contributed by atoms with E-state index in [0.29, 0.717) is 0 Å². The van der Waals surface area contributed by atoms with Gasteiger partial charge in [0.2, 0.25) is 0 Å². The molecule has 0 bridgehead atoms. The molecule has 1 aromatic carbocycles. The standard InChI is InChI=1S/C11H8Cl2F2O2/c12-7-1-6(2-8(13)3-7)10(9(16)17)4-11(14,15)5-10/h1-3H,4-5H2,(H,16,17). The van der Waals surface area contributed by atoms with Crippen molar-refractivity contribution in [1.82, 2.24) is 0 Å². The van der Waals surface area contributed by atoms with E-state index in [2.05, 4.69) is 0 Å². The third kappa shape index (κ3) is 2.11. The molecule has 1 N–H and O–H groups in total. The minimum absolute atomic E-state index is 0.230. The highest BCUT2D eigenvalue weighted by atomic mass is 35.5. The molecule has 1 aromatic rings. The Kier molecular flexibility index (Phi) is 2.83. The molecular formula is C11H8Cl2F2O2. The molecule has 2 rings (SSSR count). The fourth-order valence-corrected chi connectivity index (χ4v) is 2.67. The van der Waals surface area contributed by atoms with E-state index in [0.717, 1.165) is 0 Å². The summed E-state index contributed by atoms with van der Waals surface area (Å²) < 4.78 is 25.9. The zero-order valence-corrected chi connectivity index (χ0v) is 10.0. The molecule has 0 unspecified atom stereocenters. The van der Waals surface area contributed by atoms with Crippen molar-refractivity contribution in [2.24, 2.45) is 0 Å². The second-order valence-corrected chi connectivity index (χ2v) is 5.13. The van der Waals surface area contributed by atoms with E-state index in [1.165, 1.54) is 18.2 Å². The van der Waals surface area contributed by atoms with E-state index in [4.69, 9.17) is 28.3 Å². The first kappa shape index (κ1) is 12.6. The number of carboxylic acid groups (broad SMARTS) is 1. The summed E-state index contributed by atoms with van der Waals surface area (Å²) in [7, 11) is 0. The lowest BCUT2D eigenvalue weighted by Gasteiger charge is -2.44. The number of alkyl halides is 2. The van der Waals surface area contributed by atoms with Gasteiger partial charge in [-0.25, -0.2) is 8.78 Å². The molecule has 0 heterocycles. The Labute approximate surface area is 106 Å². The molecule has 1 fully saturated rings. The molecule has 0 amide bonds. The molecule has 6 heteroatoms. The second-order valence-electron chi connectivity index (χ2n) is 4.25. The van der Waals surface area contributed by atoms with E-state index in [9.17, 15) is 13.6 Å². The van der Waals surface area contributed by atoms with Crippen LogP contribution in [0.25, 0.3) is 0 Å². The summed E-state index contributed by atoms with van der Waals surface area (Å²) in [5.41, 5.74) is -1.34. The molecule has 1 aliphatic rings. The van der Waals surface area contributed by atoms with Crippen LogP contribution in [0.4, 0.5) is 8.78 Å². The number of carboxylic acids is 1. The van der Waals surface area contributed by atoms with Crippen molar-refractivity contribution < 1.29 is 18.7 Å². The minimum atomic E-state index is -2.94. The van der Waals surface area contributed by atoms with Gasteiger partial charge in [-0.2, -0.15) is 0 Å². The fraction of sp³-hybridized carbons (Fsp3) is 0.364. The summed E-state index contributed by atoms with van der Waals surface area (Å²) in [6, 6.07) is 4.17. The Balaban J connectivity index is 2.45. The van der Waals surface area contributed by atoms with E-state index in [1.807, 2.05) is 0 Å². The maximum Gasteiger partial charge on any atom is 0.314 e. The molecule has 17 heavy (non-hydrogen) atoms. The van der Waals surface area contributed by atoms with Crippen LogP contribution in [0.3, 0.4) is 0 Å². The first-order valence-corrected chi connectivity index (χ1v) is 5.59. The van der Waals surface area contributed by atoms with Crippen molar-refractivity contribution in [3.05, 3.63) is 33.8 Å². The fourth-order valence-electron chi connectivity index (χ4n) is 2.14. The number of aliphatic carboxylic acids is 1. The number of hydrogen-bond donors (Lipinski definition) is 1. The van der Waals surface area contributed by atoms with Crippen LogP contribution in [0.15, 0.2) is 18.2 Å². The lowest BCUT2D eigenvalue weighted by molar-refractivity contribution is -0.174. The number of hydrogen-bond acceptors (Lipinski definition) is 1. The largest absolute Gasteiger partial charge is 0.481 e. The second kappa shape index (κ2) is 3.82. The van der Waals surface area contributed by atoms with E-state index < -0.39 is 30.1 Å². The van der Waals surface area contributed by atoms with Crippen LogP contribution in [0, 0.1) is 0 Å². The molecule has 0 radical (unpaired) electrons. The van der Waals surface area contributed by atoms with Gasteiger partial charge in [-0.1, -0.05) is 23.2 Å². The predicted molar refractivity (Wildman–Crippen MR) is 60.0 cm³/mol. The highest BCUT2D eigenvalue weighted by molar-refractivity contribution is 6.34. The average molecular weight is 281 g/mol.